The van der Waals surface area contributed by atoms with Gasteiger partial charge in [0, 0.05) is 10.9 Å². The van der Waals surface area contributed by atoms with Crippen molar-refractivity contribution in [3.63, 3.8) is 0 Å². The van der Waals surface area contributed by atoms with Crippen LogP contribution in [-0.2, 0) is 0 Å². The normalized spacial score (nSPS) is 11.2. The molecule has 1 aromatic rings. The lowest BCUT2D eigenvalue weighted by atomic mass is 10.1. The van der Waals surface area contributed by atoms with Gasteiger partial charge in [0.15, 0.2) is 0 Å². The lowest BCUT2D eigenvalue weighted by Crippen LogP contribution is -1.78. The average Bonchev–Trinajstić information content (AvgIpc) is 2.58. The number of benzene rings is 1. The fraction of sp³-hybridized carbons (Fsp3) is 0. The lowest BCUT2D eigenvalue weighted by molar-refractivity contribution is 0.475. The van der Waals surface area contributed by atoms with E-state index in [1.165, 1.54) is 0 Å². The Labute approximate surface area is 85.5 Å². The minimum atomic E-state index is 0.186. The first-order valence-corrected chi connectivity index (χ1v) is 4.57. The summed E-state index contributed by atoms with van der Waals surface area (Å²) in [6, 6.07) is 8.18. The van der Waals surface area contributed by atoms with Crippen LogP contribution in [0.1, 0.15) is 0 Å². The number of phenolic OH excluding ortho intramolecular Hbond substituents is 1. The first-order valence-electron chi connectivity index (χ1n) is 4.57. The van der Waals surface area contributed by atoms with Crippen molar-refractivity contribution >= 4 is 11.0 Å². The molecule has 0 saturated carbocycles. The second-order valence-corrected chi connectivity index (χ2v) is 3.50. The zero-order chi connectivity index (χ0) is 10.4. The molecule has 3 heteroatoms. The molecule has 0 fully saturated rings. The van der Waals surface area contributed by atoms with Gasteiger partial charge in [-0.2, -0.15) is 0 Å². The Kier molecular flexibility index (Phi) is 1.45. The van der Waals surface area contributed by atoms with Crippen LogP contribution in [0, 0.1) is 0 Å². The van der Waals surface area contributed by atoms with Gasteiger partial charge in [0.25, 0.3) is 0 Å². The molecule has 15 heavy (non-hydrogen) atoms. The largest absolute Gasteiger partial charge is 0.508 e. The molecule has 0 spiro atoms. The molecule has 2 aliphatic rings. The Balaban J connectivity index is 2.50. The number of aromatic hydroxyl groups is 2. The number of phenols is 1. The van der Waals surface area contributed by atoms with Crippen molar-refractivity contribution in [2.45, 2.75) is 0 Å². The highest BCUT2D eigenvalue weighted by atomic mass is 16.3. The van der Waals surface area contributed by atoms with E-state index in [0.29, 0.717) is 5.58 Å². The van der Waals surface area contributed by atoms with Crippen molar-refractivity contribution in [3.8, 4) is 22.6 Å². The van der Waals surface area contributed by atoms with E-state index in [2.05, 4.69) is 0 Å². The van der Waals surface area contributed by atoms with Crippen LogP contribution in [0.15, 0.2) is 41.0 Å². The van der Waals surface area contributed by atoms with E-state index in [1.807, 2.05) is 0 Å². The molecule has 0 radical (unpaired) electrons. The zero-order valence-corrected chi connectivity index (χ0v) is 7.77. The molecule has 0 atom stereocenters. The van der Waals surface area contributed by atoms with Crippen molar-refractivity contribution < 1.29 is 14.6 Å². The Morgan fingerprint density at radius 1 is 0.933 bits per heavy atom. The van der Waals surface area contributed by atoms with Gasteiger partial charge in [-0.1, -0.05) is 0 Å². The van der Waals surface area contributed by atoms with Crippen molar-refractivity contribution in [1.82, 2.24) is 0 Å². The number of hydrogen-bond donors (Lipinski definition) is 2. The SMILES string of the molecule is Oc1cc2coc3ccc(O)cc3c-2c1. The van der Waals surface area contributed by atoms with E-state index in [1.54, 1.807) is 36.6 Å². The summed E-state index contributed by atoms with van der Waals surface area (Å²) in [7, 11) is 0. The highest BCUT2D eigenvalue weighted by Crippen LogP contribution is 2.37. The molecular formula is C12H8O3. The highest BCUT2D eigenvalue weighted by Gasteiger charge is 2.12. The van der Waals surface area contributed by atoms with Crippen LogP contribution >= 0.6 is 0 Å². The molecule has 0 saturated heterocycles. The number of fused-ring (bicyclic) bond motifs is 3. The van der Waals surface area contributed by atoms with E-state index < -0.39 is 0 Å². The maximum absolute atomic E-state index is 9.39. The standard InChI is InChI=1S/C12H8O3/c13-8-1-2-12-11(4-8)10-5-9(14)3-7(10)6-15-12/h1-6,13-14H. The van der Waals surface area contributed by atoms with Gasteiger partial charge < -0.3 is 14.6 Å². The Morgan fingerprint density at radius 3 is 2.67 bits per heavy atom. The minimum Gasteiger partial charge on any atom is -0.508 e. The average molecular weight is 200 g/mol. The maximum atomic E-state index is 9.39. The first-order chi connectivity index (χ1) is 7.24. The quantitative estimate of drug-likeness (QED) is 0.586. The summed E-state index contributed by atoms with van der Waals surface area (Å²) in [6.45, 7) is 0. The van der Waals surface area contributed by atoms with E-state index in [-0.39, 0.29) is 11.5 Å². The molecule has 3 rings (SSSR count). The zero-order valence-electron chi connectivity index (χ0n) is 7.77. The molecule has 0 aromatic heterocycles. The minimum absolute atomic E-state index is 0.186. The van der Waals surface area contributed by atoms with Gasteiger partial charge in [0.05, 0.1) is 6.26 Å². The molecule has 1 aromatic carbocycles. The van der Waals surface area contributed by atoms with Gasteiger partial charge in [-0.3, -0.25) is 0 Å². The van der Waals surface area contributed by atoms with Crippen LogP contribution in [-0.4, -0.2) is 10.2 Å². The molecule has 1 heterocycles. The molecule has 1 aliphatic heterocycles. The van der Waals surface area contributed by atoms with Crippen molar-refractivity contribution in [2.24, 2.45) is 0 Å². The van der Waals surface area contributed by atoms with Crippen LogP contribution in [0.3, 0.4) is 0 Å². The summed E-state index contributed by atoms with van der Waals surface area (Å²) in [5, 5.41) is 19.6. The third-order valence-corrected chi connectivity index (χ3v) is 2.47. The molecule has 0 unspecified atom stereocenters. The van der Waals surface area contributed by atoms with Gasteiger partial charge in [0.1, 0.15) is 17.1 Å². The molecule has 74 valence electrons. The Hall–Kier alpha value is -2.16. The van der Waals surface area contributed by atoms with Gasteiger partial charge in [0.2, 0.25) is 0 Å². The third kappa shape index (κ3) is 1.13. The predicted molar refractivity (Wildman–Crippen MR) is 56.2 cm³/mol. The summed E-state index contributed by atoms with van der Waals surface area (Å²) in [4.78, 5) is 0. The van der Waals surface area contributed by atoms with Crippen molar-refractivity contribution in [2.75, 3.05) is 0 Å². The lowest BCUT2D eigenvalue weighted by Gasteiger charge is -2.03. The summed E-state index contributed by atoms with van der Waals surface area (Å²) in [6.07, 6.45) is 1.59. The summed E-state index contributed by atoms with van der Waals surface area (Å²) in [5.74, 6) is 0.391. The number of rotatable bonds is 0. The Bertz CT molecular complexity index is 610. The summed E-state index contributed by atoms with van der Waals surface area (Å²) < 4.78 is 5.37. The second kappa shape index (κ2) is 2.67. The first kappa shape index (κ1) is 8.17. The number of hydrogen-bond acceptors (Lipinski definition) is 3. The molecule has 0 amide bonds. The molecular weight excluding hydrogens is 192 g/mol. The molecule has 2 N–H and O–H groups in total. The summed E-state index contributed by atoms with van der Waals surface area (Å²) >= 11 is 0. The highest BCUT2D eigenvalue weighted by molar-refractivity contribution is 5.96. The van der Waals surface area contributed by atoms with Crippen molar-refractivity contribution in [1.29, 1.82) is 0 Å². The van der Waals surface area contributed by atoms with Crippen LogP contribution in [0.25, 0.3) is 22.1 Å². The second-order valence-electron chi connectivity index (χ2n) is 3.50. The van der Waals surface area contributed by atoms with E-state index >= 15 is 0 Å². The van der Waals surface area contributed by atoms with Gasteiger partial charge in [-0.15, -0.1) is 0 Å². The Morgan fingerprint density at radius 2 is 1.80 bits per heavy atom. The predicted octanol–water partition coefficient (Wildman–Crippen LogP) is 2.95. The van der Waals surface area contributed by atoms with E-state index in [0.717, 1.165) is 16.5 Å². The summed E-state index contributed by atoms with van der Waals surface area (Å²) in [5.41, 5.74) is 2.39. The van der Waals surface area contributed by atoms with Gasteiger partial charge >= 0.3 is 0 Å². The molecule has 1 aliphatic carbocycles. The van der Waals surface area contributed by atoms with E-state index in [4.69, 9.17) is 4.42 Å². The monoisotopic (exact) mass is 200 g/mol. The topological polar surface area (TPSA) is 53.6 Å². The smallest absolute Gasteiger partial charge is 0.134 e. The van der Waals surface area contributed by atoms with Crippen LogP contribution in [0.2, 0.25) is 0 Å². The third-order valence-electron chi connectivity index (χ3n) is 2.47. The van der Waals surface area contributed by atoms with Crippen LogP contribution in [0.4, 0.5) is 0 Å². The fourth-order valence-electron chi connectivity index (χ4n) is 1.80. The molecule has 0 bridgehead atoms. The fourth-order valence-corrected chi connectivity index (χ4v) is 1.80. The van der Waals surface area contributed by atoms with Crippen LogP contribution < -0.4 is 0 Å². The van der Waals surface area contributed by atoms with Gasteiger partial charge in [-0.05, 0) is 35.9 Å². The van der Waals surface area contributed by atoms with Crippen LogP contribution in [0.5, 0.6) is 11.5 Å². The molecule has 3 nitrogen and oxygen atoms in total. The van der Waals surface area contributed by atoms with Gasteiger partial charge in [-0.25, -0.2) is 0 Å². The van der Waals surface area contributed by atoms with Crippen molar-refractivity contribution in [3.05, 3.63) is 36.6 Å². The maximum Gasteiger partial charge on any atom is 0.134 e. The van der Waals surface area contributed by atoms with E-state index in [9.17, 15) is 10.2 Å².